The van der Waals surface area contributed by atoms with Crippen LogP contribution in [-0.4, -0.2) is 38.5 Å². The number of anilines is 3. The number of hydrazone groups is 1. The lowest BCUT2D eigenvalue weighted by atomic mass is 10.1. The zero-order valence-electron chi connectivity index (χ0n) is 18.4. The Morgan fingerprint density at radius 1 is 1.06 bits per heavy atom. The number of furan rings is 1. The lowest BCUT2D eigenvalue weighted by Crippen LogP contribution is -2.03. The van der Waals surface area contributed by atoms with Gasteiger partial charge in [-0.1, -0.05) is 15.9 Å². The molecule has 13 nitrogen and oxygen atoms in total. The third-order valence-corrected chi connectivity index (χ3v) is 5.40. The first-order valence-electron chi connectivity index (χ1n) is 10.2. The van der Waals surface area contributed by atoms with Crippen LogP contribution < -0.4 is 15.5 Å². The number of hydrogen-bond acceptors (Lipinski definition) is 12. The van der Waals surface area contributed by atoms with Gasteiger partial charge in [0.15, 0.2) is 11.6 Å². The van der Waals surface area contributed by atoms with Gasteiger partial charge >= 0.3 is 0 Å². The summed E-state index contributed by atoms with van der Waals surface area (Å²) in [7, 11) is 1.43. The number of nitro groups is 1. The molecule has 0 saturated carbocycles. The van der Waals surface area contributed by atoms with Crippen molar-refractivity contribution in [3.63, 3.8) is 0 Å². The predicted molar refractivity (Wildman–Crippen MR) is 133 cm³/mol. The highest BCUT2D eigenvalue weighted by molar-refractivity contribution is 9.10. The molecule has 0 unspecified atom stereocenters. The monoisotopic (exact) mass is 550 g/mol. The van der Waals surface area contributed by atoms with Crippen molar-refractivity contribution < 1.29 is 18.7 Å². The lowest BCUT2D eigenvalue weighted by Gasteiger charge is -2.09. The summed E-state index contributed by atoms with van der Waals surface area (Å²) in [6.45, 7) is 0. The fourth-order valence-corrected chi connectivity index (χ4v) is 3.46. The van der Waals surface area contributed by atoms with E-state index in [1.807, 2.05) is 24.3 Å². The Balaban J connectivity index is 1.37. The van der Waals surface area contributed by atoms with Gasteiger partial charge in [-0.05, 0) is 52.8 Å². The van der Waals surface area contributed by atoms with Gasteiger partial charge in [0, 0.05) is 16.2 Å². The highest BCUT2D eigenvalue weighted by Gasteiger charge is 2.16. The molecule has 2 N–H and O–H groups in total. The number of nitrogens with zero attached hydrogens (tertiary/aromatic N) is 6. The molecule has 0 saturated heterocycles. The molecule has 0 aliphatic rings. The molecule has 0 atom stereocenters. The van der Waals surface area contributed by atoms with Gasteiger partial charge in [-0.25, -0.2) is 9.61 Å². The zero-order chi connectivity index (χ0) is 25.1. The van der Waals surface area contributed by atoms with Crippen molar-refractivity contribution in [2.45, 2.75) is 0 Å². The average molecular weight is 551 g/mol. The summed E-state index contributed by atoms with van der Waals surface area (Å²) in [4.78, 5) is 19.3. The van der Waals surface area contributed by atoms with Crippen molar-refractivity contribution in [2.24, 2.45) is 5.10 Å². The smallest absolute Gasteiger partial charge is 0.273 e. The molecular weight excluding hydrogens is 536 g/mol. The summed E-state index contributed by atoms with van der Waals surface area (Å²) in [5, 5.41) is 25.8. The Morgan fingerprint density at radius 2 is 1.81 bits per heavy atom. The maximum absolute atomic E-state index is 11.0. The van der Waals surface area contributed by atoms with Crippen LogP contribution in [0, 0.1) is 10.1 Å². The fraction of sp³-hybridized carbons (Fsp3) is 0.0455. The molecule has 0 spiro atoms. The van der Waals surface area contributed by atoms with Crippen LogP contribution >= 0.6 is 15.9 Å². The number of rotatable bonds is 8. The SMILES string of the molecule is COc1cc([N+](=O)[O-])ccc1-c1ccc(/C=N\Nc2nc3nonc3nc2Nc2ccc(Br)cc2)o1. The Kier molecular flexibility index (Phi) is 6.23. The second-order valence-corrected chi connectivity index (χ2v) is 8.09. The highest BCUT2D eigenvalue weighted by Crippen LogP contribution is 2.34. The normalized spacial score (nSPS) is 11.2. The number of ether oxygens (including phenoxy) is 1. The third-order valence-electron chi connectivity index (χ3n) is 4.87. The van der Waals surface area contributed by atoms with E-state index in [1.54, 1.807) is 18.2 Å². The summed E-state index contributed by atoms with van der Waals surface area (Å²) in [6.07, 6.45) is 1.44. The van der Waals surface area contributed by atoms with Crippen LogP contribution in [0.2, 0.25) is 0 Å². The van der Waals surface area contributed by atoms with Crippen LogP contribution in [0.25, 0.3) is 22.6 Å². The number of non-ortho nitro benzene ring substituents is 1. The number of nitrogens with one attached hydrogen (secondary N) is 2. The molecule has 5 aromatic rings. The van der Waals surface area contributed by atoms with Crippen LogP contribution in [0.1, 0.15) is 5.76 Å². The fourth-order valence-electron chi connectivity index (χ4n) is 3.19. The molecule has 14 heteroatoms. The topological polar surface area (TPSA) is 167 Å². The first-order chi connectivity index (χ1) is 17.5. The standard InChI is InChI=1S/C22H15BrN8O5/c1-34-18-10-14(31(32)33)6-8-16(18)17-9-7-15(35-17)11-24-28-20-19(25-13-4-2-12(23)3-5-13)26-21-22(27-20)30-36-29-21/h2-11H,1H3,(H,25,26,29)(H,27,28,30)/b24-11-. The Morgan fingerprint density at radius 3 is 2.53 bits per heavy atom. The van der Waals surface area contributed by atoms with Crippen molar-refractivity contribution in [3.8, 4) is 17.1 Å². The molecule has 0 radical (unpaired) electrons. The van der Waals surface area contributed by atoms with Gasteiger partial charge in [0.05, 0.1) is 29.9 Å². The number of benzene rings is 2. The lowest BCUT2D eigenvalue weighted by molar-refractivity contribution is -0.384. The van der Waals surface area contributed by atoms with E-state index in [2.05, 4.69) is 52.1 Å². The molecule has 2 aromatic carbocycles. The quantitative estimate of drug-likeness (QED) is 0.149. The van der Waals surface area contributed by atoms with E-state index in [4.69, 9.17) is 13.8 Å². The second-order valence-electron chi connectivity index (χ2n) is 7.18. The molecule has 0 aliphatic heterocycles. The number of methoxy groups -OCH3 is 1. The van der Waals surface area contributed by atoms with Crippen molar-refractivity contribution in [2.75, 3.05) is 17.9 Å². The Labute approximate surface area is 210 Å². The van der Waals surface area contributed by atoms with E-state index in [-0.39, 0.29) is 22.8 Å². The zero-order valence-corrected chi connectivity index (χ0v) is 20.0. The molecule has 3 heterocycles. The van der Waals surface area contributed by atoms with Crippen molar-refractivity contribution in [3.05, 3.63) is 74.9 Å². The number of halogens is 1. The predicted octanol–water partition coefficient (Wildman–Crippen LogP) is 5.14. The van der Waals surface area contributed by atoms with E-state index in [1.165, 1.54) is 25.5 Å². The maximum Gasteiger partial charge on any atom is 0.273 e. The summed E-state index contributed by atoms with van der Waals surface area (Å²) in [5.74, 6) is 1.82. The minimum Gasteiger partial charge on any atom is -0.496 e. The van der Waals surface area contributed by atoms with E-state index >= 15 is 0 Å². The van der Waals surface area contributed by atoms with Gasteiger partial charge in [-0.3, -0.25) is 15.5 Å². The number of aromatic nitrogens is 4. The summed E-state index contributed by atoms with van der Waals surface area (Å²) in [5.41, 5.74) is 4.51. The summed E-state index contributed by atoms with van der Waals surface area (Å²) >= 11 is 3.40. The average Bonchev–Trinajstić information content (AvgIpc) is 3.54. The van der Waals surface area contributed by atoms with Crippen LogP contribution in [-0.2, 0) is 0 Å². The summed E-state index contributed by atoms with van der Waals surface area (Å²) in [6, 6.07) is 15.2. The largest absolute Gasteiger partial charge is 0.496 e. The molecular formula is C22H15BrN8O5. The third kappa shape index (κ3) is 4.83. The van der Waals surface area contributed by atoms with Crippen LogP contribution in [0.5, 0.6) is 5.75 Å². The first kappa shape index (κ1) is 22.9. The highest BCUT2D eigenvalue weighted by atomic mass is 79.9. The van der Waals surface area contributed by atoms with Gasteiger partial charge in [-0.2, -0.15) is 10.1 Å². The first-order valence-corrected chi connectivity index (χ1v) is 11.0. The molecule has 0 amide bonds. The number of hydrogen-bond donors (Lipinski definition) is 2. The van der Waals surface area contributed by atoms with Crippen LogP contribution in [0.4, 0.5) is 23.0 Å². The number of nitro benzene ring substituents is 1. The minimum atomic E-state index is -0.493. The molecule has 3 aromatic heterocycles. The summed E-state index contributed by atoms with van der Waals surface area (Å²) < 4.78 is 16.7. The van der Waals surface area contributed by atoms with E-state index in [9.17, 15) is 10.1 Å². The maximum atomic E-state index is 11.0. The minimum absolute atomic E-state index is 0.0823. The Hall–Kier alpha value is -4.85. The molecule has 0 aliphatic carbocycles. The molecule has 36 heavy (non-hydrogen) atoms. The molecule has 0 fully saturated rings. The molecule has 180 valence electrons. The molecule has 5 rings (SSSR count). The van der Waals surface area contributed by atoms with Gasteiger partial charge in [-0.15, -0.1) is 0 Å². The van der Waals surface area contributed by atoms with Crippen molar-refractivity contribution in [1.82, 2.24) is 20.3 Å². The second kappa shape index (κ2) is 9.79. The van der Waals surface area contributed by atoms with Gasteiger partial charge in [0.2, 0.25) is 11.3 Å². The molecule has 0 bridgehead atoms. The van der Waals surface area contributed by atoms with E-state index < -0.39 is 4.92 Å². The number of fused-ring (bicyclic) bond motifs is 1. The van der Waals surface area contributed by atoms with Crippen molar-refractivity contribution >= 4 is 56.4 Å². The van der Waals surface area contributed by atoms with Gasteiger partial charge in [0.25, 0.3) is 5.69 Å². The van der Waals surface area contributed by atoms with Crippen molar-refractivity contribution in [1.29, 1.82) is 0 Å². The van der Waals surface area contributed by atoms with Crippen LogP contribution in [0.15, 0.2) is 73.2 Å². The van der Waals surface area contributed by atoms with E-state index in [0.29, 0.717) is 28.7 Å². The van der Waals surface area contributed by atoms with Gasteiger partial charge < -0.3 is 14.5 Å². The Bertz CT molecular complexity index is 1580. The van der Waals surface area contributed by atoms with E-state index in [0.717, 1.165) is 10.2 Å². The van der Waals surface area contributed by atoms with Gasteiger partial charge in [0.1, 0.15) is 17.3 Å². The van der Waals surface area contributed by atoms with Crippen LogP contribution in [0.3, 0.4) is 0 Å².